The lowest BCUT2D eigenvalue weighted by molar-refractivity contribution is 0.671. The molecule has 0 aliphatic rings. The molecule has 0 aliphatic heterocycles. The molecular formula is C53H33N3O. The van der Waals surface area contributed by atoms with Crippen molar-refractivity contribution >= 4 is 65.6 Å². The van der Waals surface area contributed by atoms with E-state index in [2.05, 4.69) is 197 Å². The molecule has 0 saturated heterocycles. The van der Waals surface area contributed by atoms with Crippen LogP contribution in [0.2, 0.25) is 0 Å². The van der Waals surface area contributed by atoms with Gasteiger partial charge < -0.3 is 8.98 Å². The predicted molar refractivity (Wildman–Crippen MR) is 237 cm³/mol. The molecule has 0 aliphatic carbocycles. The largest absolute Gasteiger partial charge is 0.454 e. The topological polar surface area (TPSA) is 35.9 Å². The van der Waals surface area contributed by atoms with Gasteiger partial charge in [0.15, 0.2) is 5.58 Å². The van der Waals surface area contributed by atoms with Crippen molar-refractivity contribution < 1.29 is 4.42 Å². The molecule has 0 unspecified atom stereocenters. The number of para-hydroxylation sites is 4. The highest BCUT2D eigenvalue weighted by Crippen LogP contribution is 2.46. The van der Waals surface area contributed by atoms with Crippen LogP contribution in [-0.4, -0.2) is 14.1 Å². The lowest BCUT2D eigenvalue weighted by Crippen LogP contribution is -2.00. The second kappa shape index (κ2) is 12.4. The Hall–Kier alpha value is -7.69. The quantitative estimate of drug-likeness (QED) is 0.177. The summed E-state index contributed by atoms with van der Waals surface area (Å²) in [6.07, 6.45) is 0. The number of aromatic nitrogens is 3. The third kappa shape index (κ3) is 4.84. The van der Waals surface area contributed by atoms with Gasteiger partial charge in [-0.25, -0.2) is 4.98 Å². The minimum absolute atomic E-state index is 0.835. The normalized spacial score (nSPS) is 11.9. The first kappa shape index (κ1) is 31.6. The first-order valence-electron chi connectivity index (χ1n) is 19.4. The molecule has 4 nitrogen and oxygen atoms in total. The molecule has 12 rings (SSSR count). The summed E-state index contributed by atoms with van der Waals surface area (Å²) in [5.74, 6) is 0.835. The molecule has 0 saturated carbocycles. The van der Waals surface area contributed by atoms with Crippen LogP contribution in [0.5, 0.6) is 0 Å². The van der Waals surface area contributed by atoms with Crippen molar-refractivity contribution in [3.05, 3.63) is 200 Å². The van der Waals surface area contributed by atoms with Crippen LogP contribution >= 0.6 is 0 Å². The Kier molecular flexibility index (Phi) is 6.89. The molecule has 0 spiro atoms. The van der Waals surface area contributed by atoms with E-state index in [9.17, 15) is 0 Å². The highest BCUT2D eigenvalue weighted by atomic mass is 16.3. The molecule has 0 bridgehead atoms. The summed E-state index contributed by atoms with van der Waals surface area (Å²) in [6.45, 7) is 0. The molecule has 4 aromatic heterocycles. The van der Waals surface area contributed by atoms with Crippen LogP contribution in [0.1, 0.15) is 0 Å². The summed E-state index contributed by atoms with van der Waals surface area (Å²) in [5.41, 5.74) is 13.8. The van der Waals surface area contributed by atoms with Gasteiger partial charge in [-0.2, -0.15) is 0 Å². The second-order valence-electron chi connectivity index (χ2n) is 14.7. The van der Waals surface area contributed by atoms with E-state index in [1.165, 1.54) is 21.8 Å². The second-order valence-corrected chi connectivity index (χ2v) is 14.7. The van der Waals surface area contributed by atoms with Gasteiger partial charge in [-0.15, -0.1) is 0 Å². The van der Waals surface area contributed by atoms with Crippen LogP contribution in [0, 0.1) is 0 Å². The average molecular weight is 728 g/mol. The Morgan fingerprint density at radius 2 is 0.947 bits per heavy atom. The van der Waals surface area contributed by atoms with Gasteiger partial charge in [-0.1, -0.05) is 146 Å². The summed E-state index contributed by atoms with van der Waals surface area (Å²) in [4.78, 5) is 5.44. The highest BCUT2D eigenvalue weighted by Gasteiger charge is 2.24. The smallest absolute Gasteiger partial charge is 0.160 e. The Balaban J connectivity index is 1.16. The molecule has 4 heteroatoms. The van der Waals surface area contributed by atoms with E-state index in [1.54, 1.807) is 0 Å². The number of rotatable bonds is 5. The zero-order valence-electron chi connectivity index (χ0n) is 30.8. The summed E-state index contributed by atoms with van der Waals surface area (Å²) in [5, 5.41) is 6.95. The van der Waals surface area contributed by atoms with Gasteiger partial charge in [-0.05, 0) is 76.9 Å². The maximum atomic E-state index is 6.88. The fraction of sp³-hybridized carbons (Fsp3) is 0. The molecule has 8 aromatic carbocycles. The van der Waals surface area contributed by atoms with E-state index < -0.39 is 0 Å². The van der Waals surface area contributed by atoms with E-state index in [-0.39, 0.29) is 0 Å². The van der Waals surface area contributed by atoms with E-state index in [0.29, 0.717) is 0 Å². The van der Waals surface area contributed by atoms with Gasteiger partial charge in [0, 0.05) is 43.6 Å². The van der Waals surface area contributed by atoms with Crippen molar-refractivity contribution in [1.82, 2.24) is 14.1 Å². The molecule has 0 N–H and O–H groups in total. The first-order valence-corrected chi connectivity index (χ1v) is 19.4. The fourth-order valence-corrected chi connectivity index (χ4v) is 8.97. The summed E-state index contributed by atoms with van der Waals surface area (Å²) >= 11 is 0. The van der Waals surface area contributed by atoms with Crippen LogP contribution in [0.3, 0.4) is 0 Å². The maximum Gasteiger partial charge on any atom is 0.160 e. The first-order chi connectivity index (χ1) is 28.3. The van der Waals surface area contributed by atoms with E-state index in [1.807, 2.05) is 12.1 Å². The maximum absolute atomic E-state index is 6.88. The van der Waals surface area contributed by atoms with Gasteiger partial charge in [0.1, 0.15) is 11.4 Å². The summed E-state index contributed by atoms with van der Waals surface area (Å²) < 4.78 is 11.6. The minimum Gasteiger partial charge on any atom is -0.454 e. The van der Waals surface area contributed by atoms with Crippen molar-refractivity contribution in [2.75, 3.05) is 0 Å². The van der Waals surface area contributed by atoms with Crippen molar-refractivity contribution in [3.63, 3.8) is 0 Å². The van der Waals surface area contributed by atoms with Crippen LogP contribution in [0.25, 0.3) is 111 Å². The highest BCUT2D eigenvalue weighted by molar-refractivity contribution is 6.26. The third-order valence-electron chi connectivity index (χ3n) is 11.5. The molecule has 0 amide bonds. The fourth-order valence-electron chi connectivity index (χ4n) is 8.97. The molecule has 0 radical (unpaired) electrons. The SMILES string of the molecule is c1ccc(-c2cc(-c3ccccc3)nc(-n3c4ccccc4c4c(-c5ccc(-n6c7ccccc7c7ccccc76)cc5)cc5c6ccccc6oc5c43)c2)cc1. The molecule has 57 heavy (non-hydrogen) atoms. The van der Waals surface area contributed by atoms with Crippen molar-refractivity contribution in [2.24, 2.45) is 0 Å². The number of fused-ring (bicyclic) bond motifs is 10. The Bertz CT molecular complexity index is 3390. The number of furan rings is 1. The zero-order chi connectivity index (χ0) is 37.5. The molecule has 4 heterocycles. The van der Waals surface area contributed by atoms with E-state index >= 15 is 0 Å². The summed E-state index contributed by atoms with van der Waals surface area (Å²) in [6, 6.07) is 71.2. The van der Waals surface area contributed by atoms with E-state index in [0.717, 1.165) is 88.8 Å². The zero-order valence-corrected chi connectivity index (χ0v) is 30.8. The Morgan fingerprint density at radius 1 is 0.386 bits per heavy atom. The number of hydrogen-bond acceptors (Lipinski definition) is 2. The molecule has 266 valence electrons. The predicted octanol–water partition coefficient (Wildman–Crippen LogP) is 14.2. The third-order valence-corrected chi connectivity index (χ3v) is 11.5. The average Bonchev–Trinajstić information content (AvgIpc) is 3.95. The van der Waals surface area contributed by atoms with Crippen LogP contribution in [-0.2, 0) is 0 Å². The van der Waals surface area contributed by atoms with Gasteiger partial charge in [-0.3, -0.25) is 4.57 Å². The van der Waals surface area contributed by atoms with Crippen LogP contribution in [0.15, 0.2) is 205 Å². The van der Waals surface area contributed by atoms with Gasteiger partial charge >= 0.3 is 0 Å². The number of nitrogens with zero attached hydrogens (tertiary/aromatic N) is 3. The van der Waals surface area contributed by atoms with Gasteiger partial charge in [0.2, 0.25) is 0 Å². The van der Waals surface area contributed by atoms with Gasteiger partial charge in [0.25, 0.3) is 0 Å². The molecule has 12 aromatic rings. The number of pyridine rings is 1. The lowest BCUT2D eigenvalue weighted by Gasteiger charge is -2.14. The Morgan fingerprint density at radius 3 is 1.63 bits per heavy atom. The standard InChI is InChI=1S/C53H33N3O/c1-3-15-34(16-4-1)37-31-45(36-17-5-2-6-18-36)54-50(32-37)56-48-25-13-9-22-42(48)51-43(33-44-41-21-10-14-26-49(41)57-53(44)52(51)56)35-27-29-38(30-28-35)55-46-23-11-7-19-39(46)40-20-8-12-24-47(40)55/h1-33H. The lowest BCUT2D eigenvalue weighted by atomic mass is 9.96. The monoisotopic (exact) mass is 727 g/mol. The van der Waals surface area contributed by atoms with Crippen molar-refractivity contribution in [2.45, 2.75) is 0 Å². The molecular weight excluding hydrogens is 695 g/mol. The van der Waals surface area contributed by atoms with Crippen molar-refractivity contribution in [3.8, 4) is 45.0 Å². The van der Waals surface area contributed by atoms with Crippen LogP contribution in [0.4, 0.5) is 0 Å². The summed E-state index contributed by atoms with van der Waals surface area (Å²) in [7, 11) is 0. The van der Waals surface area contributed by atoms with Gasteiger partial charge in [0.05, 0.1) is 27.8 Å². The minimum atomic E-state index is 0.835. The van der Waals surface area contributed by atoms with Crippen molar-refractivity contribution in [1.29, 1.82) is 0 Å². The number of hydrogen-bond donors (Lipinski definition) is 0. The molecule has 0 fully saturated rings. The molecule has 0 atom stereocenters. The van der Waals surface area contributed by atoms with Crippen LogP contribution < -0.4 is 0 Å². The number of benzene rings is 8. The van der Waals surface area contributed by atoms with E-state index in [4.69, 9.17) is 9.40 Å². The Labute approximate surface area is 328 Å².